The molecule has 1 unspecified atom stereocenters. The van der Waals surface area contributed by atoms with Crippen molar-refractivity contribution in [1.82, 2.24) is 14.9 Å². The average molecular weight is 237 g/mol. The second kappa shape index (κ2) is 5.19. The molecule has 1 aliphatic rings. The lowest BCUT2D eigenvalue weighted by molar-refractivity contribution is 0.123. The summed E-state index contributed by atoms with van der Waals surface area (Å²) in [7, 11) is 0. The molecule has 4 heteroatoms. The third kappa shape index (κ3) is 2.53. The van der Waals surface area contributed by atoms with Crippen molar-refractivity contribution in [2.45, 2.75) is 45.2 Å². The summed E-state index contributed by atoms with van der Waals surface area (Å²) in [4.78, 5) is 4.35. The van der Waals surface area contributed by atoms with Crippen LogP contribution in [0.4, 0.5) is 0 Å². The fourth-order valence-corrected chi connectivity index (χ4v) is 2.65. The number of nitrogens with one attached hydrogen (secondary N) is 1. The van der Waals surface area contributed by atoms with Gasteiger partial charge in [-0.05, 0) is 25.3 Å². The summed E-state index contributed by atoms with van der Waals surface area (Å²) in [6.45, 7) is 6.14. The Labute approximate surface area is 103 Å². The second-order valence-corrected chi connectivity index (χ2v) is 4.94. The number of imidazole rings is 1. The zero-order valence-electron chi connectivity index (χ0n) is 10.8. The SMILES string of the molecule is CCNC(CO)(Cn1ccnc1CC)C1CC1. The van der Waals surface area contributed by atoms with Crippen LogP contribution in [-0.4, -0.2) is 33.3 Å². The Bertz CT molecular complexity index is 359. The molecule has 1 aromatic rings. The van der Waals surface area contributed by atoms with Gasteiger partial charge in [0.2, 0.25) is 0 Å². The number of hydrogen-bond donors (Lipinski definition) is 2. The molecule has 1 aromatic heterocycles. The van der Waals surface area contributed by atoms with Crippen LogP contribution in [0, 0.1) is 5.92 Å². The highest BCUT2D eigenvalue weighted by atomic mass is 16.3. The molecule has 0 spiro atoms. The van der Waals surface area contributed by atoms with Crippen molar-refractivity contribution in [1.29, 1.82) is 0 Å². The van der Waals surface area contributed by atoms with Crippen molar-refractivity contribution < 1.29 is 5.11 Å². The Balaban J connectivity index is 2.16. The number of aliphatic hydroxyl groups excluding tert-OH is 1. The highest BCUT2D eigenvalue weighted by Crippen LogP contribution is 2.40. The van der Waals surface area contributed by atoms with Crippen LogP contribution < -0.4 is 5.32 Å². The molecule has 0 aliphatic heterocycles. The van der Waals surface area contributed by atoms with Crippen molar-refractivity contribution in [2.75, 3.05) is 13.2 Å². The Morgan fingerprint density at radius 3 is 2.82 bits per heavy atom. The first-order valence-corrected chi connectivity index (χ1v) is 6.61. The summed E-state index contributed by atoms with van der Waals surface area (Å²) in [5, 5.41) is 13.3. The third-order valence-electron chi connectivity index (χ3n) is 3.74. The van der Waals surface area contributed by atoms with E-state index in [-0.39, 0.29) is 12.1 Å². The normalized spacial score (nSPS) is 19.2. The van der Waals surface area contributed by atoms with Gasteiger partial charge in [0.15, 0.2) is 0 Å². The topological polar surface area (TPSA) is 50.1 Å². The Morgan fingerprint density at radius 1 is 1.53 bits per heavy atom. The van der Waals surface area contributed by atoms with Crippen LogP contribution in [0.25, 0.3) is 0 Å². The highest BCUT2D eigenvalue weighted by molar-refractivity contribution is 5.03. The molecule has 2 N–H and O–H groups in total. The van der Waals surface area contributed by atoms with Gasteiger partial charge in [-0.3, -0.25) is 0 Å². The first-order chi connectivity index (χ1) is 8.25. The molecular weight excluding hydrogens is 214 g/mol. The van der Waals surface area contributed by atoms with E-state index in [0.29, 0.717) is 5.92 Å². The number of nitrogens with zero attached hydrogens (tertiary/aromatic N) is 2. The summed E-state index contributed by atoms with van der Waals surface area (Å²) < 4.78 is 2.18. The van der Waals surface area contributed by atoms with E-state index < -0.39 is 0 Å². The van der Waals surface area contributed by atoms with E-state index in [1.807, 2.05) is 12.4 Å². The van der Waals surface area contributed by atoms with E-state index in [2.05, 4.69) is 28.7 Å². The molecule has 1 saturated carbocycles. The van der Waals surface area contributed by atoms with Gasteiger partial charge in [0.1, 0.15) is 5.82 Å². The predicted octanol–water partition coefficient (Wildman–Crippen LogP) is 1.20. The number of aliphatic hydroxyl groups is 1. The number of aromatic nitrogens is 2. The Morgan fingerprint density at radius 2 is 2.29 bits per heavy atom. The molecule has 0 aromatic carbocycles. The Hall–Kier alpha value is -0.870. The Kier molecular flexibility index (Phi) is 3.84. The summed E-state index contributed by atoms with van der Waals surface area (Å²) in [5.41, 5.74) is -0.153. The van der Waals surface area contributed by atoms with Gasteiger partial charge >= 0.3 is 0 Å². The van der Waals surface area contributed by atoms with E-state index in [1.165, 1.54) is 12.8 Å². The minimum atomic E-state index is -0.153. The van der Waals surface area contributed by atoms with Gasteiger partial charge < -0.3 is 15.0 Å². The number of aryl methyl sites for hydroxylation is 1. The lowest BCUT2D eigenvalue weighted by Crippen LogP contribution is -2.53. The van der Waals surface area contributed by atoms with Crippen molar-refractivity contribution in [3.63, 3.8) is 0 Å². The van der Waals surface area contributed by atoms with Crippen molar-refractivity contribution in [2.24, 2.45) is 5.92 Å². The molecule has 1 heterocycles. The molecule has 1 atom stereocenters. The zero-order valence-corrected chi connectivity index (χ0v) is 10.8. The second-order valence-electron chi connectivity index (χ2n) is 4.94. The van der Waals surface area contributed by atoms with E-state index in [0.717, 1.165) is 25.3 Å². The van der Waals surface area contributed by atoms with Crippen LogP contribution in [-0.2, 0) is 13.0 Å². The first kappa shape index (κ1) is 12.6. The maximum absolute atomic E-state index is 9.78. The summed E-state index contributed by atoms with van der Waals surface area (Å²) >= 11 is 0. The molecule has 0 bridgehead atoms. The summed E-state index contributed by atoms with van der Waals surface area (Å²) in [5.74, 6) is 1.71. The third-order valence-corrected chi connectivity index (χ3v) is 3.74. The lowest BCUT2D eigenvalue weighted by Gasteiger charge is -2.34. The van der Waals surface area contributed by atoms with Gasteiger partial charge in [0.25, 0.3) is 0 Å². The largest absolute Gasteiger partial charge is 0.394 e. The smallest absolute Gasteiger partial charge is 0.108 e. The van der Waals surface area contributed by atoms with Gasteiger partial charge in [-0.1, -0.05) is 13.8 Å². The molecule has 17 heavy (non-hydrogen) atoms. The van der Waals surface area contributed by atoms with Crippen LogP contribution in [0.5, 0.6) is 0 Å². The minimum Gasteiger partial charge on any atom is -0.394 e. The summed E-state index contributed by atoms with van der Waals surface area (Å²) in [6.07, 6.45) is 7.25. The molecule has 0 amide bonds. The predicted molar refractivity (Wildman–Crippen MR) is 67.8 cm³/mol. The molecule has 1 aliphatic carbocycles. The zero-order chi connectivity index (χ0) is 12.3. The standard InChI is InChI=1S/C13H23N3O/c1-3-12-14-7-8-16(12)9-13(10-17,15-4-2)11-5-6-11/h7-8,11,15,17H,3-6,9-10H2,1-2H3. The molecule has 0 radical (unpaired) electrons. The summed E-state index contributed by atoms with van der Waals surface area (Å²) in [6, 6.07) is 0. The van der Waals surface area contributed by atoms with Gasteiger partial charge in [0, 0.05) is 25.4 Å². The molecular formula is C13H23N3O. The van der Waals surface area contributed by atoms with E-state index in [1.54, 1.807) is 0 Å². The van der Waals surface area contributed by atoms with Gasteiger partial charge in [-0.15, -0.1) is 0 Å². The minimum absolute atomic E-state index is 0.153. The fraction of sp³-hybridized carbons (Fsp3) is 0.769. The van der Waals surface area contributed by atoms with E-state index in [4.69, 9.17) is 0 Å². The highest BCUT2D eigenvalue weighted by Gasteiger charge is 2.44. The van der Waals surface area contributed by atoms with Gasteiger partial charge in [0.05, 0.1) is 12.1 Å². The van der Waals surface area contributed by atoms with Crippen LogP contribution in [0.3, 0.4) is 0 Å². The molecule has 4 nitrogen and oxygen atoms in total. The molecule has 0 saturated heterocycles. The fourth-order valence-electron chi connectivity index (χ4n) is 2.65. The van der Waals surface area contributed by atoms with Crippen molar-refractivity contribution >= 4 is 0 Å². The van der Waals surface area contributed by atoms with Crippen LogP contribution in [0.15, 0.2) is 12.4 Å². The quantitative estimate of drug-likeness (QED) is 0.749. The maximum Gasteiger partial charge on any atom is 0.108 e. The maximum atomic E-state index is 9.78. The van der Waals surface area contributed by atoms with Crippen molar-refractivity contribution in [3.05, 3.63) is 18.2 Å². The first-order valence-electron chi connectivity index (χ1n) is 6.61. The van der Waals surface area contributed by atoms with Gasteiger partial charge in [-0.25, -0.2) is 4.98 Å². The van der Waals surface area contributed by atoms with Crippen LogP contribution in [0.1, 0.15) is 32.5 Å². The average Bonchev–Trinajstić information content (AvgIpc) is 3.10. The van der Waals surface area contributed by atoms with Crippen LogP contribution >= 0.6 is 0 Å². The van der Waals surface area contributed by atoms with E-state index >= 15 is 0 Å². The van der Waals surface area contributed by atoms with E-state index in [9.17, 15) is 5.11 Å². The number of likely N-dealkylation sites (N-methyl/N-ethyl adjacent to an activating group) is 1. The van der Waals surface area contributed by atoms with Gasteiger partial charge in [-0.2, -0.15) is 0 Å². The monoisotopic (exact) mass is 237 g/mol. The molecule has 96 valence electrons. The van der Waals surface area contributed by atoms with Crippen molar-refractivity contribution in [3.8, 4) is 0 Å². The molecule has 1 fully saturated rings. The lowest BCUT2D eigenvalue weighted by atomic mass is 9.93. The molecule has 2 rings (SSSR count). The number of rotatable bonds is 7. The number of hydrogen-bond acceptors (Lipinski definition) is 3. The van der Waals surface area contributed by atoms with Crippen LogP contribution in [0.2, 0.25) is 0 Å².